The molecule has 0 aliphatic rings. The second kappa shape index (κ2) is 10.1. The van der Waals surface area contributed by atoms with Gasteiger partial charge >= 0.3 is 5.97 Å². The van der Waals surface area contributed by atoms with Crippen molar-refractivity contribution in [2.45, 2.75) is 40.1 Å². The average Bonchev–Trinajstić information content (AvgIpc) is 2.51. The minimum atomic E-state index is -0.457. The second-order valence-electron chi connectivity index (χ2n) is 5.00. The van der Waals surface area contributed by atoms with Gasteiger partial charge in [-0.15, -0.1) is 0 Å². The standard InChI is InChI=1S/C17H26O6/c1-6-20-16(21-7-2)11-22-14-8-13(17(18)19-5)9-15(10-14)23-12(3)4/h8-10,12,16H,6-7,11H2,1-5H3. The number of hydrogen-bond donors (Lipinski definition) is 0. The first-order valence-electron chi connectivity index (χ1n) is 7.76. The summed E-state index contributed by atoms with van der Waals surface area (Å²) >= 11 is 0. The quantitative estimate of drug-likeness (QED) is 0.486. The fourth-order valence-electron chi connectivity index (χ4n) is 1.91. The summed E-state index contributed by atoms with van der Waals surface area (Å²) in [5.41, 5.74) is 0.366. The van der Waals surface area contributed by atoms with E-state index in [2.05, 4.69) is 0 Å². The van der Waals surface area contributed by atoms with Crippen molar-refractivity contribution in [1.82, 2.24) is 0 Å². The van der Waals surface area contributed by atoms with Crippen LogP contribution in [-0.2, 0) is 14.2 Å². The molecule has 0 amide bonds. The molecule has 0 aliphatic heterocycles. The minimum Gasteiger partial charge on any atom is -0.491 e. The maximum absolute atomic E-state index is 11.8. The Hall–Kier alpha value is -1.79. The Morgan fingerprint density at radius 1 is 1.04 bits per heavy atom. The summed E-state index contributed by atoms with van der Waals surface area (Å²) in [4.78, 5) is 11.8. The average molecular weight is 326 g/mol. The van der Waals surface area contributed by atoms with Crippen LogP contribution in [0.5, 0.6) is 11.5 Å². The van der Waals surface area contributed by atoms with E-state index in [9.17, 15) is 4.79 Å². The predicted molar refractivity (Wildman–Crippen MR) is 86.1 cm³/mol. The van der Waals surface area contributed by atoms with Gasteiger partial charge in [0.1, 0.15) is 18.1 Å². The molecule has 0 aromatic heterocycles. The van der Waals surface area contributed by atoms with E-state index >= 15 is 0 Å². The Labute approximate surface area is 137 Å². The predicted octanol–water partition coefficient (Wildman–Crippen LogP) is 3.04. The number of carbonyl (C=O) groups excluding carboxylic acids is 1. The summed E-state index contributed by atoms with van der Waals surface area (Å²) in [6, 6.07) is 4.95. The highest BCUT2D eigenvalue weighted by atomic mass is 16.7. The van der Waals surface area contributed by atoms with E-state index in [1.54, 1.807) is 18.2 Å². The van der Waals surface area contributed by atoms with Gasteiger partial charge in [0.25, 0.3) is 0 Å². The van der Waals surface area contributed by atoms with Gasteiger partial charge in [0.15, 0.2) is 6.29 Å². The van der Waals surface area contributed by atoms with E-state index in [0.29, 0.717) is 30.3 Å². The first kappa shape index (κ1) is 19.3. The van der Waals surface area contributed by atoms with Crippen LogP contribution in [0.4, 0.5) is 0 Å². The highest BCUT2D eigenvalue weighted by molar-refractivity contribution is 5.90. The van der Waals surface area contributed by atoms with Gasteiger partial charge in [-0.2, -0.15) is 0 Å². The van der Waals surface area contributed by atoms with Crippen molar-refractivity contribution in [3.63, 3.8) is 0 Å². The topological polar surface area (TPSA) is 63.2 Å². The van der Waals surface area contributed by atoms with E-state index in [1.807, 2.05) is 27.7 Å². The lowest BCUT2D eigenvalue weighted by atomic mass is 10.2. The zero-order valence-electron chi connectivity index (χ0n) is 14.5. The molecule has 0 saturated carbocycles. The summed E-state index contributed by atoms with van der Waals surface area (Å²) in [6.45, 7) is 8.86. The van der Waals surface area contributed by atoms with Crippen molar-refractivity contribution in [3.05, 3.63) is 23.8 Å². The van der Waals surface area contributed by atoms with Gasteiger partial charge < -0.3 is 23.7 Å². The highest BCUT2D eigenvalue weighted by Crippen LogP contribution is 2.25. The van der Waals surface area contributed by atoms with Gasteiger partial charge in [-0.05, 0) is 39.8 Å². The van der Waals surface area contributed by atoms with Crippen LogP contribution in [0.15, 0.2) is 18.2 Å². The van der Waals surface area contributed by atoms with Crippen LogP contribution in [0.2, 0.25) is 0 Å². The van der Waals surface area contributed by atoms with Crippen LogP contribution in [0.25, 0.3) is 0 Å². The molecule has 1 aromatic carbocycles. The number of hydrogen-bond acceptors (Lipinski definition) is 6. The lowest BCUT2D eigenvalue weighted by molar-refractivity contribution is -0.152. The highest BCUT2D eigenvalue weighted by Gasteiger charge is 2.14. The summed E-state index contributed by atoms with van der Waals surface area (Å²) in [7, 11) is 1.33. The van der Waals surface area contributed by atoms with Crippen molar-refractivity contribution in [2.75, 3.05) is 26.9 Å². The molecule has 0 unspecified atom stereocenters. The van der Waals surface area contributed by atoms with E-state index in [1.165, 1.54) is 7.11 Å². The van der Waals surface area contributed by atoms with E-state index < -0.39 is 12.3 Å². The monoisotopic (exact) mass is 326 g/mol. The molecule has 0 fully saturated rings. The third-order valence-corrected chi connectivity index (χ3v) is 2.76. The van der Waals surface area contributed by atoms with E-state index in [-0.39, 0.29) is 12.7 Å². The van der Waals surface area contributed by atoms with Crippen molar-refractivity contribution in [2.24, 2.45) is 0 Å². The van der Waals surface area contributed by atoms with E-state index in [4.69, 9.17) is 23.7 Å². The molecule has 23 heavy (non-hydrogen) atoms. The number of carbonyl (C=O) groups is 1. The first-order valence-corrected chi connectivity index (χ1v) is 7.76. The second-order valence-corrected chi connectivity index (χ2v) is 5.00. The lowest BCUT2D eigenvalue weighted by Gasteiger charge is -2.18. The van der Waals surface area contributed by atoms with Gasteiger partial charge in [-0.1, -0.05) is 0 Å². The third kappa shape index (κ3) is 6.88. The molecule has 130 valence electrons. The Morgan fingerprint density at radius 2 is 1.65 bits per heavy atom. The van der Waals surface area contributed by atoms with Gasteiger partial charge in [-0.25, -0.2) is 4.79 Å². The zero-order chi connectivity index (χ0) is 17.2. The minimum absolute atomic E-state index is 0.0182. The van der Waals surface area contributed by atoms with E-state index in [0.717, 1.165) is 0 Å². The Balaban J connectivity index is 2.88. The molecule has 0 bridgehead atoms. The molecule has 1 rings (SSSR count). The van der Waals surface area contributed by atoms with Crippen molar-refractivity contribution >= 4 is 5.97 Å². The fourth-order valence-corrected chi connectivity index (χ4v) is 1.91. The maximum atomic E-state index is 11.8. The third-order valence-electron chi connectivity index (χ3n) is 2.76. The van der Waals surface area contributed by atoms with Crippen LogP contribution in [-0.4, -0.2) is 45.3 Å². The van der Waals surface area contributed by atoms with Gasteiger partial charge in [0.2, 0.25) is 0 Å². The first-order chi connectivity index (χ1) is 11.0. The summed E-state index contributed by atoms with van der Waals surface area (Å²) < 4.78 is 26.9. The number of methoxy groups -OCH3 is 1. The lowest BCUT2D eigenvalue weighted by Crippen LogP contribution is -2.25. The Kier molecular flexibility index (Phi) is 8.43. The zero-order valence-corrected chi connectivity index (χ0v) is 14.5. The van der Waals surface area contributed by atoms with Gasteiger partial charge in [0, 0.05) is 19.3 Å². The molecule has 0 spiro atoms. The Morgan fingerprint density at radius 3 is 2.17 bits per heavy atom. The van der Waals surface area contributed by atoms with Crippen LogP contribution in [0.1, 0.15) is 38.1 Å². The molecule has 0 N–H and O–H groups in total. The van der Waals surface area contributed by atoms with Crippen molar-refractivity contribution in [1.29, 1.82) is 0 Å². The van der Waals surface area contributed by atoms with Crippen LogP contribution in [0.3, 0.4) is 0 Å². The molecule has 1 aromatic rings. The number of esters is 1. The molecule has 6 heteroatoms. The fraction of sp³-hybridized carbons (Fsp3) is 0.588. The normalized spacial score (nSPS) is 10.9. The van der Waals surface area contributed by atoms with Crippen molar-refractivity contribution in [3.8, 4) is 11.5 Å². The molecular formula is C17H26O6. The summed E-state index contributed by atoms with van der Waals surface area (Å²) in [5.74, 6) is 0.588. The SMILES string of the molecule is CCOC(COc1cc(OC(C)C)cc(C(=O)OC)c1)OCC. The number of rotatable bonds is 10. The molecule has 6 nitrogen and oxygen atoms in total. The summed E-state index contributed by atoms with van der Waals surface area (Å²) in [5, 5.41) is 0. The molecule has 0 saturated heterocycles. The number of benzene rings is 1. The molecular weight excluding hydrogens is 300 g/mol. The molecule has 0 atom stereocenters. The van der Waals surface area contributed by atoms with Gasteiger partial charge in [-0.3, -0.25) is 0 Å². The number of ether oxygens (including phenoxy) is 5. The van der Waals surface area contributed by atoms with Crippen LogP contribution >= 0.6 is 0 Å². The largest absolute Gasteiger partial charge is 0.491 e. The summed E-state index contributed by atoms with van der Waals surface area (Å²) in [6.07, 6.45) is -0.475. The van der Waals surface area contributed by atoms with Crippen LogP contribution in [0, 0.1) is 0 Å². The molecule has 0 radical (unpaired) electrons. The molecule has 0 aliphatic carbocycles. The van der Waals surface area contributed by atoms with Crippen LogP contribution < -0.4 is 9.47 Å². The van der Waals surface area contributed by atoms with Crippen molar-refractivity contribution < 1.29 is 28.5 Å². The Bertz CT molecular complexity index is 480. The van der Waals surface area contributed by atoms with Gasteiger partial charge in [0.05, 0.1) is 18.8 Å². The maximum Gasteiger partial charge on any atom is 0.338 e. The smallest absolute Gasteiger partial charge is 0.338 e. The molecule has 0 heterocycles.